The summed E-state index contributed by atoms with van der Waals surface area (Å²) in [6, 6.07) is 5.45. The molecule has 2 aliphatic heterocycles. The fourth-order valence-corrected chi connectivity index (χ4v) is 3.71. The Morgan fingerprint density at radius 3 is 2.67 bits per heavy atom. The van der Waals surface area contributed by atoms with Gasteiger partial charge in [0, 0.05) is 24.2 Å². The third-order valence-corrected chi connectivity index (χ3v) is 5.01. The van der Waals surface area contributed by atoms with E-state index in [0.29, 0.717) is 30.1 Å². The molecule has 21 heavy (non-hydrogen) atoms. The number of nitrogens with two attached hydrogens (primary N) is 1. The second-order valence-electron chi connectivity index (χ2n) is 6.33. The highest BCUT2D eigenvalue weighted by atomic mass is 19.1. The maximum atomic E-state index is 13.1. The third-order valence-electron chi connectivity index (χ3n) is 5.01. The molecule has 2 saturated heterocycles. The summed E-state index contributed by atoms with van der Waals surface area (Å²) in [5.41, 5.74) is 5.93. The molecule has 1 aromatic rings. The van der Waals surface area contributed by atoms with Gasteiger partial charge in [0.05, 0.1) is 5.69 Å². The van der Waals surface area contributed by atoms with Gasteiger partial charge < -0.3 is 16.0 Å². The van der Waals surface area contributed by atoms with E-state index >= 15 is 0 Å². The summed E-state index contributed by atoms with van der Waals surface area (Å²) in [6.45, 7) is 0.691. The molecule has 2 aliphatic rings. The molecule has 5 heteroatoms. The van der Waals surface area contributed by atoms with Crippen LogP contribution in [0.25, 0.3) is 0 Å². The molecule has 0 spiro atoms. The van der Waals surface area contributed by atoms with Gasteiger partial charge in [0.2, 0.25) is 0 Å². The van der Waals surface area contributed by atoms with Gasteiger partial charge in [0.25, 0.3) is 5.91 Å². The van der Waals surface area contributed by atoms with Gasteiger partial charge in [-0.15, -0.1) is 0 Å². The SMILES string of the molecule is CN1C2CCC1CC(CNC(=O)c1ccc(F)c(N)c1)C2. The summed E-state index contributed by atoms with van der Waals surface area (Å²) in [7, 11) is 2.21. The van der Waals surface area contributed by atoms with Crippen molar-refractivity contribution in [1.29, 1.82) is 0 Å². The van der Waals surface area contributed by atoms with Crippen LogP contribution in [-0.4, -0.2) is 36.5 Å². The number of rotatable bonds is 3. The molecular formula is C16H22FN3O. The van der Waals surface area contributed by atoms with E-state index in [2.05, 4.69) is 17.3 Å². The van der Waals surface area contributed by atoms with Gasteiger partial charge in [-0.25, -0.2) is 4.39 Å². The van der Waals surface area contributed by atoms with Crippen LogP contribution >= 0.6 is 0 Å². The number of nitrogens with zero attached hydrogens (tertiary/aromatic N) is 1. The molecule has 2 unspecified atom stereocenters. The molecule has 2 fully saturated rings. The fraction of sp³-hybridized carbons (Fsp3) is 0.562. The molecule has 0 radical (unpaired) electrons. The zero-order valence-corrected chi connectivity index (χ0v) is 12.3. The van der Waals surface area contributed by atoms with Crippen molar-refractivity contribution in [2.75, 3.05) is 19.3 Å². The Labute approximate surface area is 124 Å². The number of benzene rings is 1. The Morgan fingerprint density at radius 1 is 1.38 bits per heavy atom. The average molecular weight is 291 g/mol. The molecule has 2 bridgehead atoms. The van der Waals surface area contributed by atoms with E-state index in [1.54, 1.807) is 0 Å². The van der Waals surface area contributed by atoms with E-state index < -0.39 is 5.82 Å². The number of nitrogens with one attached hydrogen (secondary N) is 1. The van der Waals surface area contributed by atoms with Crippen molar-refractivity contribution in [3.8, 4) is 0 Å². The Bertz CT molecular complexity index is 534. The van der Waals surface area contributed by atoms with Crippen molar-refractivity contribution < 1.29 is 9.18 Å². The second-order valence-corrected chi connectivity index (χ2v) is 6.33. The van der Waals surface area contributed by atoms with Gasteiger partial charge in [0.1, 0.15) is 5.82 Å². The number of nitrogen functional groups attached to an aromatic ring is 1. The van der Waals surface area contributed by atoms with Crippen molar-refractivity contribution in [2.24, 2.45) is 5.92 Å². The van der Waals surface area contributed by atoms with E-state index in [-0.39, 0.29) is 11.6 Å². The molecule has 0 saturated carbocycles. The zero-order valence-electron chi connectivity index (χ0n) is 12.3. The molecule has 2 atom stereocenters. The first-order valence-corrected chi connectivity index (χ1v) is 7.59. The van der Waals surface area contributed by atoms with Crippen LogP contribution in [0.5, 0.6) is 0 Å². The minimum atomic E-state index is -0.488. The maximum absolute atomic E-state index is 13.1. The number of carbonyl (C=O) groups excluding carboxylic acids is 1. The lowest BCUT2D eigenvalue weighted by molar-refractivity contribution is 0.0917. The normalized spacial score (nSPS) is 28.6. The van der Waals surface area contributed by atoms with Crippen LogP contribution in [0, 0.1) is 11.7 Å². The van der Waals surface area contributed by atoms with Crippen molar-refractivity contribution in [2.45, 2.75) is 37.8 Å². The van der Waals surface area contributed by atoms with Gasteiger partial charge in [-0.3, -0.25) is 4.79 Å². The van der Waals surface area contributed by atoms with Gasteiger partial charge in [0.15, 0.2) is 0 Å². The fourth-order valence-electron chi connectivity index (χ4n) is 3.71. The lowest BCUT2D eigenvalue weighted by Gasteiger charge is -2.36. The topological polar surface area (TPSA) is 58.4 Å². The van der Waals surface area contributed by atoms with Crippen LogP contribution in [0.1, 0.15) is 36.0 Å². The number of anilines is 1. The van der Waals surface area contributed by atoms with E-state index in [1.807, 2.05) is 0 Å². The number of halogens is 1. The molecule has 0 aliphatic carbocycles. The quantitative estimate of drug-likeness (QED) is 0.838. The Hall–Kier alpha value is -1.62. The van der Waals surface area contributed by atoms with E-state index in [9.17, 15) is 9.18 Å². The van der Waals surface area contributed by atoms with Crippen LogP contribution in [0.2, 0.25) is 0 Å². The minimum Gasteiger partial charge on any atom is -0.396 e. The van der Waals surface area contributed by atoms with Crippen molar-refractivity contribution >= 4 is 11.6 Å². The first-order chi connectivity index (χ1) is 10.0. The molecule has 2 heterocycles. The lowest BCUT2D eigenvalue weighted by atomic mass is 9.91. The first kappa shape index (κ1) is 14.3. The van der Waals surface area contributed by atoms with Crippen LogP contribution in [0.15, 0.2) is 18.2 Å². The Balaban J connectivity index is 1.55. The van der Waals surface area contributed by atoms with Crippen LogP contribution in [0.3, 0.4) is 0 Å². The third kappa shape index (κ3) is 2.88. The summed E-state index contributed by atoms with van der Waals surface area (Å²) in [4.78, 5) is 14.6. The summed E-state index contributed by atoms with van der Waals surface area (Å²) < 4.78 is 13.1. The zero-order chi connectivity index (χ0) is 15.0. The minimum absolute atomic E-state index is 0.0139. The molecule has 3 N–H and O–H groups in total. The molecule has 3 rings (SSSR count). The van der Waals surface area contributed by atoms with E-state index in [4.69, 9.17) is 5.73 Å². The molecular weight excluding hydrogens is 269 g/mol. The number of piperidine rings is 1. The van der Waals surface area contributed by atoms with E-state index in [0.717, 1.165) is 12.8 Å². The van der Waals surface area contributed by atoms with Crippen molar-refractivity contribution in [1.82, 2.24) is 10.2 Å². The number of hydrogen-bond donors (Lipinski definition) is 2. The predicted molar refractivity (Wildman–Crippen MR) is 80.4 cm³/mol. The molecule has 114 valence electrons. The Kier molecular flexibility index (Phi) is 3.85. The van der Waals surface area contributed by atoms with Gasteiger partial charge in [-0.1, -0.05) is 0 Å². The largest absolute Gasteiger partial charge is 0.396 e. The number of fused-ring (bicyclic) bond motifs is 2. The summed E-state index contributed by atoms with van der Waals surface area (Å²) >= 11 is 0. The Morgan fingerprint density at radius 2 is 2.05 bits per heavy atom. The van der Waals surface area contributed by atoms with Crippen molar-refractivity contribution in [3.05, 3.63) is 29.6 Å². The average Bonchev–Trinajstić information content (AvgIpc) is 2.69. The van der Waals surface area contributed by atoms with Gasteiger partial charge >= 0.3 is 0 Å². The summed E-state index contributed by atoms with van der Waals surface area (Å²) in [6.07, 6.45) is 4.86. The highest BCUT2D eigenvalue weighted by molar-refractivity contribution is 5.95. The van der Waals surface area contributed by atoms with Crippen LogP contribution in [-0.2, 0) is 0 Å². The predicted octanol–water partition coefficient (Wildman–Crippen LogP) is 2.01. The number of carbonyl (C=O) groups is 1. The molecule has 4 nitrogen and oxygen atoms in total. The summed E-state index contributed by atoms with van der Waals surface area (Å²) in [5, 5.41) is 2.96. The molecule has 1 amide bonds. The lowest BCUT2D eigenvalue weighted by Crippen LogP contribution is -2.43. The van der Waals surface area contributed by atoms with Crippen LogP contribution in [0.4, 0.5) is 10.1 Å². The standard InChI is InChI=1S/C16H22FN3O/c1-20-12-3-4-13(20)7-10(6-12)9-19-16(21)11-2-5-14(17)15(18)8-11/h2,5,8,10,12-13H,3-4,6-7,9,18H2,1H3,(H,19,21). The van der Waals surface area contributed by atoms with Crippen molar-refractivity contribution in [3.63, 3.8) is 0 Å². The van der Waals surface area contributed by atoms with E-state index in [1.165, 1.54) is 31.0 Å². The van der Waals surface area contributed by atoms with Gasteiger partial charge in [-0.2, -0.15) is 0 Å². The molecule has 0 aromatic heterocycles. The van der Waals surface area contributed by atoms with Crippen LogP contribution < -0.4 is 11.1 Å². The monoisotopic (exact) mass is 291 g/mol. The first-order valence-electron chi connectivity index (χ1n) is 7.59. The highest BCUT2D eigenvalue weighted by Crippen LogP contribution is 2.37. The summed E-state index contributed by atoms with van der Waals surface area (Å²) in [5.74, 6) is -0.119. The second kappa shape index (κ2) is 5.64. The van der Waals surface area contributed by atoms with Gasteiger partial charge in [-0.05, 0) is 56.8 Å². The maximum Gasteiger partial charge on any atom is 0.251 e. The smallest absolute Gasteiger partial charge is 0.251 e. The number of hydrogen-bond acceptors (Lipinski definition) is 3. The number of amides is 1. The molecule has 1 aromatic carbocycles. The highest BCUT2D eigenvalue weighted by Gasteiger charge is 2.38.